The highest BCUT2D eigenvalue weighted by Crippen LogP contribution is 2.32. The second-order valence-electron chi connectivity index (χ2n) is 4.66. The molecule has 0 bridgehead atoms. The number of hydrogen-bond donors (Lipinski definition) is 2. The van der Waals surface area contributed by atoms with Crippen molar-refractivity contribution in [3.05, 3.63) is 10.0 Å². The molecule has 2 heterocycles. The third-order valence-electron chi connectivity index (χ3n) is 3.49. The van der Waals surface area contributed by atoms with Crippen molar-refractivity contribution in [1.29, 1.82) is 0 Å². The predicted octanol–water partition coefficient (Wildman–Crippen LogP) is 1.49. The number of aliphatic hydroxyl groups is 1. The Bertz CT molecular complexity index is 576. The summed E-state index contributed by atoms with van der Waals surface area (Å²) in [6, 6.07) is 0.300. The average Bonchev–Trinajstić information content (AvgIpc) is 2.69. The van der Waals surface area contributed by atoms with Gasteiger partial charge in [0.15, 0.2) is 5.65 Å². The molecule has 0 atom stereocenters. The number of halogens is 1. The Labute approximate surface area is 118 Å². The highest BCUT2D eigenvalue weighted by Gasteiger charge is 2.24. The molecule has 6 nitrogen and oxygen atoms in total. The molecule has 0 radical (unpaired) electrons. The van der Waals surface area contributed by atoms with E-state index < -0.39 is 0 Å². The summed E-state index contributed by atoms with van der Waals surface area (Å²) >= 11 is 2.16. The van der Waals surface area contributed by atoms with Crippen molar-refractivity contribution < 1.29 is 5.11 Å². The Hall–Kier alpha value is -0.960. The van der Waals surface area contributed by atoms with E-state index >= 15 is 0 Å². The molecular weight excluding hydrogens is 345 g/mol. The number of hydrogen-bond acceptors (Lipinski definition) is 5. The van der Waals surface area contributed by atoms with Gasteiger partial charge in [-0.3, -0.25) is 0 Å². The smallest absolute Gasteiger partial charge is 0.164 e. The van der Waals surface area contributed by atoms with Crippen LogP contribution >= 0.6 is 22.6 Å². The summed E-state index contributed by atoms with van der Waals surface area (Å²) in [5, 5.41) is 14.9. The summed E-state index contributed by atoms with van der Waals surface area (Å²) in [6.07, 6.45) is 4.81. The van der Waals surface area contributed by atoms with Crippen molar-refractivity contribution in [3.63, 3.8) is 0 Å². The van der Waals surface area contributed by atoms with Gasteiger partial charge in [-0.25, -0.2) is 14.6 Å². The van der Waals surface area contributed by atoms with Gasteiger partial charge in [-0.1, -0.05) is 0 Å². The average molecular weight is 359 g/mol. The van der Waals surface area contributed by atoms with E-state index in [2.05, 4.69) is 37.7 Å². The van der Waals surface area contributed by atoms with Gasteiger partial charge >= 0.3 is 0 Å². The minimum absolute atomic E-state index is 0.165. The second kappa shape index (κ2) is 4.61. The van der Waals surface area contributed by atoms with Gasteiger partial charge in [0.25, 0.3) is 0 Å². The molecule has 18 heavy (non-hydrogen) atoms. The summed E-state index contributed by atoms with van der Waals surface area (Å²) in [6.45, 7) is 0. The lowest BCUT2D eigenvalue weighted by molar-refractivity contribution is 0.108. The molecule has 1 saturated carbocycles. The molecule has 2 aromatic heterocycles. The van der Waals surface area contributed by atoms with E-state index in [4.69, 9.17) is 5.73 Å². The molecule has 0 aliphatic heterocycles. The van der Waals surface area contributed by atoms with Crippen LogP contribution in [0.15, 0.2) is 6.33 Å². The number of fused-ring (bicyclic) bond motifs is 1. The fourth-order valence-electron chi connectivity index (χ4n) is 2.51. The SMILES string of the molecule is Nc1ncnc2c1c(I)nn2[C@H]1CC[C@H](O)CC1. The Balaban J connectivity index is 2.05. The maximum Gasteiger partial charge on any atom is 0.164 e. The normalized spacial score (nSPS) is 24.6. The number of rotatable bonds is 1. The summed E-state index contributed by atoms with van der Waals surface area (Å²) in [7, 11) is 0. The molecule has 3 rings (SSSR count). The zero-order chi connectivity index (χ0) is 12.7. The van der Waals surface area contributed by atoms with E-state index in [1.54, 1.807) is 0 Å². The topological polar surface area (TPSA) is 89.9 Å². The molecule has 7 heteroatoms. The quantitative estimate of drug-likeness (QED) is 0.753. The van der Waals surface area contributed by atoms with Crippen LogP contribution in [0.25, 0.3) is 11.0 Å². The molecule has 1 aliphatic rings. The minimum Gasteiger partial charge on any atom is -0.393 e. The first-order valence-corrected chi connectivity index (χ1v) is 7.07. The van der Waals surface area contributed by atoms with Crippen molar-refractivity contribution in [2.75, 3.05) is 5.73 Å². The lowest BCUT2D eigenvalue weighted by Gasteiger charge is -2.25. The molecule has 0 spiro atoms. The first-order valence-electron chi connectivity index (χ1n) is 5.99. The monoisotopic (exact) mass is 359 g/mol. The van der Waals surface area contributed by atoms with Crippen LogP contribution < -0.4 is 5.73 Å². The van der Waals surface area contributed by atoms with Crippen molar-refractivity contribution >= 4 is 39.4 Å². The third-order valence-corrected chi connectivity index (χ3v) is 4.24. The van der Waals surface area contributed by atoms with Gasteiger partial charge < -0.3 is 10.8 Å². The highest BCUT2D eigenvalue weighted by atomic mass is 127. The molecule has 1 aliphatic carbocycles. The van der Waals surface area contributed by atoms with Crippen LogP contribution in [-0.4, -0.2) is 31.0 Å². The van der Waals surface area contributed by atoms with Gasteiger partial charge in [0.05, 0.1) is 17.5 Å². The van der Waals surface area contributed by atoms with Crippen LogP contribution in [0, 0.1) is 3.70 Å². The van der Waals surface area contributed by atoms with Crippen LogP contribution in [0.1, 0.15) is 31.7 Å². The molecule has 0 aromatic carbocycles. The molecule has 1 fully saturated rings. The van der Waals surface area contributed by atoms with Crippen LogP contribution in [0.2, 0.25) is 0 Å². The van der Waals surface area contributed by atoms with Crippen LogP contribution in [-0.2, 0) is 0 Å². The van der Waals surface area contributed by atoms with Gasteiger partial charge in [0.1, 0.15) is 15.8 Å². The number of aromatic nitrogens is 4. The molecular formula is C11H14IN5O. The van der Waals surface area contributed by atoms with E-state index in [-0.39, 0.29) is 6.10 Å². The van der Waals surface area contributed by atoms with Crippen LogP contribution in [0.3, 0.4) is 0 Å². The minimum atomic E-state index is -0.165. The summed E-state index contributed by atoms with van der Waals surface area (Å²) in [4.78, 5) is 8.31. The predicted molar refractivity (Wildman–Crippen MR) is 76.0 cm³/mol. The maximum absolute atomic E-state index is 9.56. The zero-order valence-corrected chi connectivity index (χ0v) is 11.9. The van der Waals surface area contributed by atoms with Crippen LogP contribution in [0.5, 0.6) is 0 Å². The van der Waals surface area contributed by atoms with Crippen molar-refractivity contribution in [3.8, 4) is 0 Å². The van der Waals surface area contributed by atoms with Crippen LogP contribution in [0.4, 0.5) is 5.82 Å². The second-order valence-corrected chi connectivity index (χ2v) is 5.68. The largest absolute Gasteiger partial charge is 0.393 e. The number of nitrogens with two attached hydrogens (primary N) is 1. The van der Waals surface area contributed by atoms with E-state index in [1.807, 2.05) is 4.68 Å². The Morgan fingerprint density at radius 3 is 2.72 bits per heavy atom. The number of aliphatic hydroxyl groups excluding tert-OH is 1. The standard InChI is InChI=1S/C11H14IN5O/c12-9-8-10(13)14-5-15-11(8)17(16-9)6-1-3-7(18)4-2-6/h5-7,18H,1-4H2,(H2,13,14,15)/t6-,7-. The fraction of sp³-hybridized carbons (Fsp3) is 0.545. The molecule has 96 valence electrons. The third kappa shape index (κ3) is 1.95. The Morgan fingerprint density at radius 1 is 1.28 bits per heavy atom. The highest BCUT2D eigenvalue weighted by molar-refractivity contribution is 14.1. The summed E-state index contributed by atoms with van der Waals surface area (Å²) < 4.78 is 2.79. The Kier molecular flexibility index (Phi) is 3.10. The number of nitrogen functional groups attached to an aromatic ring is 1. The van der Waals surface area contributed by atoms with E-state index in [9.17, 15) is 5.11 Å². The lowest BCUT2D eigenvalue weighted by Crippen LogP contribution is -2.22. The molecule has 0 unspecified atom stereocenters. The molecule has 0 saturated heterocycles. The Morgan fingerprint density at radius 2 is 2.00 bits per heavy atom. The fourth-order valence-corrected chi connectivity index (χ4v) is 3.26. The van der Waals surface area contributed by atoms with E-state index in [0.717, 1.165) is 40.4 Å². The van der Waals surface area contributed by atoms with E-state index in [1.165, 1.54) is 6.33 Å². The van der Waals surface area contributed by atoms with Crippen molar-refractivity contribution in [1.82, 2.24) is 19.7 Å². The zero-order valence-electron chi connectivity index (χ0n) is 9.75. The van der Waals surface area contributed by atoms with Gasteiger partial charge in [-0.05, 0) is 48.3 Å². The molecule has 0 amide bonds. The maximum atomic E-state index is 9.56. The first-order chi connectivity index (χ1) is 8.66. The van der Waals surface area contributed by atoms with Gasteiger partial charge in [0, 0.05) is 0 Å². The van der Waals surface area contributed by atoms with Crippen molar-refractivity contribution in [2.45, 2.75) is 37.8 Å². The first kappa shape index (κ1) is 12.1. The number of anilines is 1. The summed E-state index contributed by atoms with van der Waals surface area (Å²) in [5.41, 5.74) is 6.67. The number of nitrogens with zero attached hydrogens (tertiary/aromatic N) is 4. The van der Waals surface area contributed by atoms with Gasteiger partial charge in [0.2, 0.25) is 0 Å². The van der Waals surface area contributed by atoms with Crippen molar-refractivity contribution in [2.24, 2.45) is 0 Å². The van der Waals surface area contributed by atoms with Gasteiger partial charge in [-0.15, -0.1) is 0 Å². The van der Waals surface area contributed by atoms with Gasteiger partial charge in [-0.2, -0.15) is 5.10 Å². The van der Waals surface area contributed by atoms with E-state index in [0.29, 0.717) is 11.9 Å². The lowest BCUT2D eigenvalue weighted by atomic mass is 9.93. The molecule has 2 aromatic rings. The molecule has 3 N–H and O–H groups in total. The summed E-state index contributed by atoms with van der Waals surface area (Å²) in [5.74, 6) is 0.478.